The molecule has 0 saturated carbocycles. The number of benzene rings is 1. The fourth-order valence-electron chi connectivity index (χ4n) is 4.53. The first kappa shape index (κ1) is 27.5. The van der Waals surface area contributed by atoms with Crippen LogP contribution in [0.2, 0.25) is 0 Å². The van der Waals surface area contributed by atoms with Crippen molar-refractivity contribution in [2.45, 2.75) is 44.7 Å². The van der Waals surface area contributed by atoms with Crippen molar-refractivity contribution in [1.82, 2.24) is 19.9 Å². The molecule has 1 unspecified atom stereocenters. The SMILES string of the molecule is CC(C)(O)OCCCOc1cnc(NC(=O)N2c3nc(-c4cccc(C(F)(F)F)c4)ncc3N3CCC2C3)nc1. The van der Waals surface area contributed by atoms with E-state index in [0.717, 1.165) is 12.1 Å². The summed E-state index contributed by atoms with van der Waals surface area (Å²) >= 11 is 0. The van der Waals surface area contributed by atoms with Crippen LogP contribution in [0.4, 0.5) is 35.4 Å². The van der Waals surface area contributed by atoms with Gasteiger partial charge in [-0.2, -0.15) is 13.2 Å². The van der Waals surface area contributed by atoms with Crippen LogP contribution in [0.5, 0.6) is 5.75 Å². The summed E-state index contributed by atoms with van der Waals surface area (Å²) in [7, 11) is 0. The van der Waals surface area contributed by atoms with Crippen molar-refractivity contribution in [2.24, 2.45) is 0 Å². The lowest BCUT2D eigenvalue weighted by atomic mass is 10.1. The number of nitrogens with one attached hydrogen (secondary N) is 1. The number of carbonyl (C=O) groups is 1. The molecular weight excluding hydrogens is 531 g/mol. The molecule has 2 N–H and O–H groups in total. The summed E-state index contributed by atoms with van der Waals surface area (Å²) < 4.78 is 50.6. The fourth-order valence-corrected chi connectivity index (χ4v) is 4.53. The van der Waals surface area contributed by atoms with Crippen molar-refractivity contribution < 1.29 is 32.5 Å². The number of rotatable bonds is 8. The molecule has 2 aliphatic heterocycles. The molecule has 0 radical (unpaired) electrons. The second-order valence-corrected chi connectivity index (χ2v) is 9.91. The van der Waals surface area contributed by atoms with E-state index in [4.69, 9.17) is 9.47 Å². The molecule has 1 aromatic carbocycles. The summed E-state index contributed by atoms with van der Waals surface area (Å²) in [4.78, 5) is 34.1. The number of alkyl halides is 3. The quantitative estimate of drug-likeness (QED) is 0.310. The molecule has 11 nitrogen and oxygen atoms in total. The average molecular weight is 560 g/mol. The van der Waals surface area contributed by atoms with E-state index in [0.29, 0.717) is 56.4 Å². The van der Waals surface area contributed by atoms with Gasteiger partial charge < -0.3 is 19.5 Å². The molecule has 1 fully saturated rings. The summed E-state index contributed by atoms with van der Waals surface area (Å²) in [6, 6.07) is 4.06. The highest BCUT2D eigenvalue weighted by atomic mass is 19.4. The highest BCUT2D eigenvalue weighted by molar-refractivity contribution is 6.03. The second-order valence-electron chi connectivity index (χ2n) is 9.91. The van der Waals surface area contributed by atoms with Crippen LogP contribution >= 0.6 is 0 Å². The summed E-state index contributed by atoms with van der Waals surface area (Å²) in [5, 5.41) is 12.2. The zero-order valence-electron chi connectivity index (χ0n) is 21.9. The maximum atomic E-state index is 13.4. The standard InChI is InChI=1S/C26H28F3N7O4/c1-25(2,38)40-10-4-9-39-19-12-31-23(32-13-19)34-24(37)36-18-7-8-35(15-18)20-14-30-21(33-22(20)36)16-5-3-6-17(11-16)26(27,28)29/h3,5-6,11-14,18,38H,4,7-10,15H2,1-2H3,(H,31,32,34,37). The number of carbonyl (C=O) groups excluding carboxylic acids is 1. The summed E-state index contributed by atoms with van der Waals surface area (Å²) in [6.07, 6.45) is 1.11. The van der Waals surface area contributed by atoms with Crippen molar-refractivity contribution in [1.29, 1.82) is 0 Å². The molecule has 2 amide bonds. The molecule has 2 aromatic heterocycles. The van der Waals surface area contributed by atoms with E-state index in [1.54, 1.807) is 13.8 Å². The van der Waals surface area contributed by atoms with Gasteiger partial charge in [0.2, 0.25) is 5.95 Å². The van der Waals surface area contributed by atoms with Crippen molar-refractivity contribution in [3.8, 4) is 17.1 Å². The van der Waals surface area contributed by atoms with Crippen molar-refractivity contribution in [2.75, 3.05) is 41.4 Å². The number of halogens is 3. The molecule has 0 spiro atoms. The third kappa shape index (κ3) is 6.23. The number of aliphatic hydroxyl groups is 1. The number of urea groups is 1. The maximum Gasteiger partial charge on any atom is 0.416 e. The van der Waals surface area contributed by atoms with Crippen LogP contribution < -0.4 is 19.9 Å². The lowest BCUT2D eigenvalue weighted by molar-refractivity contribution is -0.176. The molecule has 212 valence electrons. The van der Waals surface area contributed by atoms with Crippen LogP contribution in [0.15, 0.2) is 42.9 Å². The van der Waals surface area contributed by atoms with Gasteiger partial charge in [0.15, 0.2) is 23.2 Å². The molecule has 40 heavy (non-hydrogen) atoms. The predicted molar refractivity (Wildman–Crippen MR) is 139 cm³/mol. The summed E-state index contributed by atoms with van der Waals surface area (Å²) in [5.74, 6) is -0.371. The Kier molecular flexibility index (Phi) is 7.47. The average Bonchev–Trinajstić information content (AvgIpc) is 3.32. The minimum absolute atomic E-state index is 0.0526. The zero-order valence-corrected chi connectivity index (χ0v) is 21.9. The van der Waals surface area contributed by atoms with Gasteiger partial charge in [-0.25, -0.2) is 24.7 Å². The number of hydrogen-bond donors (Lipinski definition) is 2. The van der Waals surface area contributed by atoms with Gasteiger partial charge in [-0.3, -0.25) is 10.2 Å². The number of amides is 2. The van der Waals surface area contributed by atoms with Gasteiger partial charge in [0.05, 0.1) is 49.1 Å². The van der Waals surface area contributed by atoms with Gasteiger partial charge in [0.1, 0.15) is 0 Å². The molecule has 4 heterocycles. The van der Waals surface area contributed by atoms with Crippen LogP contribution in [0.3, 0.4) is 0 Å². The van der Waals surface area contributed by atoms with Crippen molar-refractivity contribution in [3.05, 3.63) is 48.4 Å². The smallest absolute Gasteiger partial charge is 0.416 e. The number of anilines is 3. The summed E-state index contributed by atoms with van der Waals surface area (Å²) in [6.45, 7) is 4.99. The van der Waals surface area contributed by atoms with E-state index >= 15 is 0 Å². The maximum absolute atomic E-state index is 13.4. The first-order valence-corrected chi connectivity index (χ1v) is 12.7. The van der Waals surface area contributed by atoms with E-state index in [1.165, 1.54) is 35.6 Å². The van der Waals surface area contributed by atoms with Gasteiger partial charge in [0.25, 0.3) is 0 Å². The predicted octanol–water partition coefficient (Wildman–Crippen LogP) is 4.10. The summed E-state index contributed by atoms with van der Waals surface area (Å²) in [5.41, 5.74) is 0.00562. The van der Waals surface area contributed by atoms with Crippen LogP contribution in [-0.4, -0.2) is 69.2 Å². The molecular formula is C26H28F3N7O4. The molecule has 1 atom stereocenters. The first-order valence-electron chi connectivity index (χ1n) is 12.7. The van der Waals surface area contributed by atoms with Crippen molar-refractivity contribution >= 4 is 23.5 Å². The van der Waals surface area contributed by atoms with E-state index in [2.05, 4.69) is 30.2 Å². The monoisotopic (exact) mass is 559 g/mol. The van der Waals surface area contributed by atoms with Crippen molar-refractivity contribution in [3.63, 3.8) is 0 Å². The van der Waals surface area contributed by atoms with E-state index in [1.807, 2.05) is 0 Å². The number of aromatic nitrogens is 4. The Morgan fingerprint density at radius 2 is 1.93 bits per heavy atom. The number of fused-ring (bicyclic) bond motifs is 4. The fraction of sp³-hybridized carbons (Fsp3) is 0.423. The number of hydrogen-bond acceptors (Lipinski definition) is 9. The van der Waals surface area contributed by atoms with Gasteiger partial charge in [0, 0.05) is 25.1 Å². The van der Waals surface area contributed by atoms with Gasteiger partial charge in [-0.15, -0.1) is 0 Å². The minimum atomic E-state index is -4.51. The van der Waals surface area contributed by atoms with Crippen LogP contribution in [0.1, 0.15) is 32.3 Å². The molecule has 0 aliphatic carbocycles. The van der Waals surface area contributed by atoms with E-state index in [-0.39, 0.29) is 23.4 Å². The second kappa shape index (κ2) is 10.8. The molecule has 5 rings (SSSR count). The van der Waals surface area contributed by atoms with E-state index < -0.39 is 23.6 Å². The lowest BCUT2D eigenvalue weighted by Crippen LogP contribution is -2.48. The molecule has 2 aliphatic rings. The largest absolute Gasteiger partial charge is 0.490 e. The van der Waals surface area contributed by atoms with E-state index in [9.17, 15) is 23.1 Å². The molecule has 14 heteroatoms. The van der Waals surface area contributed by atoms with Crippen LogP contribution in [0.25, 0.3) is 11.4 Å². The topological polar surface area (TPSA) is 126 Å². The van der Waals surface area contributed by atoms with Crippen LogP contribution in [-0.2, 0) is 10.9 Å². The third-order valence-corrected chi connectivity index (χ3v) is 6.37. The Bertz CT molecular complexity index is 1370. The zero-order chi connectivity index (χ0) is 28.5. The number of ether oxygens (including phenoxy) is 2. The normalized spacial score (nSPS) is 16.6. The first-order chi connectivity index (χ1) is 19.0. The van der Waals surface area contributed by atoms with Gasteiger partial charge in [-0.1, -0.05) is 12.1 Å². The Balaban J connectivity index is 1.29. The minimum Gasteiger partial charge on any atom is -0.490 e. The van der Waals surface area contributed by atoms with Gasteiger partial charge >= 0.3 is 12.2 Å². The Morgan fingerprint density at radius 3 is 2.65 bits per heavy atom. The molecule has 2 bridgehead atoms. The highest BCUT2D eigenvalue weighted by Crippen LogP contribution is 2.40. The Labute approximate surface area is 228 Å². The third-order valence-electron chi connectivity index (χ3n) is 6.37. The lowest BCUT2D eigenvalue weighted by Gasteiger charge is -2.35. The molecule has 3 aromatic rings. The molecule has 1 saturated heterocycles. The Hall–Kier alpha value is -4.04. The van der Waals surface area contributed by atoms with Crippen LogP contribution in [0, 0.1) is 0 Å². The van der Waals surface area contributed by atoms with Gasteiger partial charge in [-0.05, 0) is 32.4 Å². The highest BCUT2D eigenvalue weighted by Gasteiger charge is 2.41. The Morgan fingerprint density at radius 1 is 1.15 bits per heavy atom. The number of nitrogens with zero attached hydrogens (tertiary/aromatic N) is 6.